The van der Waals surface area contributed by atoms with E-state index in [9.17, 15) is 4.79 Å². The molecule has 0 aromatic heterocycles. The maximum Gasteiger partial charge on any atom is 0.163 e. The summed E-state index contributed by atoms with van der Waals surface area (Å²) in [5.41, 5.74) is 2.25. The largest absolute Gasteiger partial charge is 0.294 e. The molecule has 1 heteroatoms. The van der Waals surface area contributed by atoms with E-state index >= 15 is 0 Å². The van der Waals surface area contributed by atoms with Gasteiger partial charge in [-0.25, -0.2) is 0 Å². The van der Waals surface area contributed by atoms with Gasteiger partial charge in [0.2, 0.25) is 0 Å². The van der Waals surface area contributed by atoms with Gasteiger partial charge in [-0.15, -0.1) is 0 Å². The van der Waals surface area contributed by atoms with Crippen LogP contribution in [0.1, 0.15) is 47.0 Å². The first-order valence-electron chi connectivity index (χ1n) is 6.23. The zero-order valence-corrected chi connectivity index (χ0v) is 10.8. The summed E-state index contributed by atoms with van der Waals surface area (Å²) in [5.74, 6) is 0.310. The van der Waals surface area contributed by atoms with Crippen molar-refractivity contribution >= 4 is 5.78 Å². The molecule has 16 heavy (non-hydrogen) atoms. The first kappa shape index (κ1) is 13.0. The highest BCUT2D eigenvalue weighted by molar-refractivity contribution is 6.00. The maximum atomic E-state index is 11.6. The lowest BCUT2D eigenvalue weighted by atomic mass is 9.91. The smallest absolute Gasteiger partial charge is 0.163 e. The normalized spacial score (nSPS) is 22.1. The second-order valence-electron chi connectivity index (χ2n) is 4.70. The summed E-state index contributed by atoms with van der Waals surface area (Å²) in [4.78, 5) is 11.6. The third-order valence-corrected chi connectivity index (χ3v) is 2.89. The Morgan fingerprint density at radius 3 is 2.38 bits per heavy atom. The lowest BCUT2D eigenvalue weighted by molar-refractivity contribution is -0.115. The van der Waals surface area contributed by atoms with Crippen molar-refractivity contribution in [3.8, 4) is 0 Å². The summed E-state index contributed by atoms with van der Waals surface area (Å²) in [7, 11) is 0. The average Bonchev–Trinajstić information content (AvgIpc) is 2.42. The third-order valence-electron chi connectivity index (χ3n) is 2.89. The van der Waals surface area contributed by atoms with E-state index in [-0.39, 0.29) is 5.41 Å². The lowest BCUT2D eigenvalue weighted by Gasteiger charge is -2.13. The minimum Gasteiger partial charge on any atom is -0.294 e. The monoisotopic (exact) mass is 218 g/mol. The fourth-order valence-electron chi connectivity index (χ4n) is 1.93. The molecule has 0 unspecified atom stereocenters. The van der Waals surface area contributed by atoms with Gasteiger partial charge in [-0.2, -0.15) is 0 Å². The molecule has 0 fully saturated rings. The summed E-state index contributed by atoms with van der Waals surface area (Å²) in [6.45, 7) is 8.31. The van der Waals surface area contributed by atoms with E-state index in [1.54, 1.807) is 0 Å². The summed E-state index contributed by atoms with van der Waals surface area (Å²) >= 11 is 0. The standard InChI is InChI=1S/C13H16O.C2H6/c1-13(2)8-6-10-4-3-5-12(14)11(10)7-9-13;1-2/h6-9H,3-5H2,1-2H3;1-2H3. The van der Waals surface area contributed by atoms with Gasteiger partial charge >= 0.3 is 0 Å². The molecule has 0 N–H and O–H groups in total. The van der Waals surface area contributed by atoms with Gasteiger partial charge in [0.25, 0.3) is 0 Å². The SMILES string of the molecule is CC.CC1(C)C=CC2=C(C=C1)C(=O)CCC2. The number of hydrogen-bond acceptors (Lipinski definition) is 1. The molecular formula is C15H22O. The molecular weight excluding hydrogens is 196 g/mol. The van der Waals surface area contributed by atoms with Crippen LogP contribution < -0.4 is 0 Å². The van der Waals surface area contributed by atoms with Crippen molar-refractivity contribution in [1.29, 1.82) is 0 Å². The highest BCUT2D eigenvalue weighted by Gasteiger charge is 2.20. The highest BCUT2D eigenvalue weighted by Crippen LogP contribution is 2.31. The number of ketones is 1. The quantitative estimate of drug-likeness (QED) is 0.595. The van der Waals surface area contributed by atoms with Gasteiger partial charge in [0.1, 0.15) is 0 Å². The Bertz CT molecular complexity index is 354. The molecule has 0 spiro atoms. The topological polar surface area (TPSA) is 17.1 Å². The van der Waals surface area contributed by atoms with Crippen LogP contribution in [0, 0.1) is 5.41 Å². The Labute approximate surface area is 98.9 Å². The van der Waals surface area contributed by atoms with Crippen LogP contribution in [0.3, 0.4) is 0 Å². The summed E-state index contributed by atoms with van der Waals surface area (Å²) in [6, 6.07) is 0. The van der Waals surface area contributed by atoms with E-state index in [4.69, 9.17) is 0 Å². The maximum absolute atomic E-state index is 11.6. The molecule has 0 aromatic rings. The Hall–Kier alpha value is -1.11. The van der Waals surface area contributed by atoms with Crippen LogP contribution in [0.15, 0.2) is 35.5 Å². The zero-order valence-electron chi connectivity index (χ0n) is 10.8. The fourth-order valence-corrected chi connectivity index (χ4v) is 1.93. The van der Waals surface area contributed by atoms with Crippen LogP contribution in [0.2, 0.25) is 0 Å². The summed E-state index contributed by atoms with van der Waals surface area (Å²) < 4.78 is 0. The highest BCUT2D eigenvalue weighted by atomic mass is 16.1. The molecule has 0 saturated carbocycles. The number of carbonyl (C=O) groups is 1. The molecule has 2 aliphatic carbocycles. The second-order valence-corrected chi connectivity index (χ2v) is 4.70. The van der Waals surface area contributed by atoms with Crippen LogP contribution in [0.4, 0.5) is 0 Å². The average molecular weight is 218 g/mol. The van der Waals surface area contributed by atoms with Crippen LogP contribution in [-0.4, -0.2) is 5.78 Å². The van der Waals surface area contributed by atoms with Crippen LogP contribution in [-0.2, 0) is 4.79 Å². The molecule has 1 nitrogen and oxygen atoms in total. The van der Waals surface area contributed by atoms with Crippen molar-refractivity contribution < 1.29 is 4.79 Å². The van der Waals surface area contributed by atoms with Crippen molar-refractivity contribution in [1.82, 2.24) is 0 Å². The number of carbonyl (C=O) groups excluding carboxylic acids is 1. The van der Waals surface area contributed by atoms with Gasteiger partial charge in [0.15, 0.2) is 5.78 Å². The van der Waals surface area contributed by atoms with Crippen molar-refractivity contribution in [2.24, 2.45) is 5.41 Å². The van der Waals surface area contributed by atoms with E-state index in [0.29, 0.717) is 5.78 Å². The summed E-state index contributed by atoms with van der Waals surface area (Å²) in [5, 5.41) is 0. The van der Waals surface area contributed by atoms with Crippen LogP contribution in [0.5, 0.6) is 0 Å². The Balaban J connectivity index is 0.000000606. The minimum atomic E-state index is 0.0810. The van der Waals surface area contributed by atoms with E-state index in [0.717, 1.165) is 24.8 Å². The first-order chi connectivity index (χ1) is 7.58. The predicted molar refractivity (Wildman–Crippen MR) is 69.3 cm³/mol. The number of rotatable bonds is 0. The second kappa shape index (κ2) is 5.29. The predicted octanol–water partition coefficient (Wildman–Crippen LogP) is 4.21. The minimum absolute atomic E-state index is 0.0810. The van der Waals surface area contributed by atoms with Gasteiger partial charge in [-0.1, -0.05) is 52.0 Å². The third kappa shape index (κ3) is 2.94. The van der Waals surface area contributed by atoms with Crippen molar-refractivity contribution in [2.75, 3.05) is 0 Å². The van der Waals surface area contributed by atoms with Gasteiger partial charge < -0.3 is 0 Å². The molecule has 0 aliphatic heterocycles. The fraction of sp³-hybridized carbons (Fsp3) is 0.533. The Morgan fingerprint density at radius 2 is 1.69 bits per heavy atom. The Kier molecular flexibility index (Phi) is 4.28. The molecule has 88 valence electrons. The van der Waals surface area contributed by atoms with Crippen LogP contribution >= 0.6 is 0 Å². The number of hydrogen-bond donors (Lipinski definition) is 0. The first-order valence-corrected chi connectivity index (χ1v) is 6.23. The van der Waals surface area contributed by atoms with Crippen molar-refractivity contribution in [3.63, 3.8) is 0 Å². The number of allylic oxidation sites excluding steroid dienone is 6. The Morgan fingerprint density at radius 1 is 1.06 bits per heavy atom. The van der Waals surface area contributed by atoms with E-state index in [1.165, 1.54) is 5.57 Å². The molecule has 0 saturated heterocycles. The van der Waals surface area contributed by atoms with Crippen LogP contribution in [0.25, 0.3) is 0 Å². The van der Waals surface area contributed by atoms with E-state index < -0.39 is 0 Å². The molecule has 0 amide bonds. The van der Waals surface area contributed by atoms with E-state index in [1.807, 2.05) is 19.9 Å². The molecule has 0 radical (unpaired) electrons. The summed E-state index contributed by atoms with van der Waals surface area (Å²) in [6.07, 6.45) is 11.2. The molecule has 0 heterocycles. The molecule has 2 rings (SSSR count). The zero-order chi connectivity index (χ0) is 12.2. The van der Waals surface area contributed by atoms with Gasteiger partial charge in [-0.3, -0.25) is 4.79 Å². The van der Waals surface area contributed by atoms with E-state index in [2.05, 4.69) is 32.1 Å². The molecule has 0 atom stereocenters. The lowest BCUT2D eigenvalue weighted by Crippen LogP contribution is -2.08. The van der Waals surface area contributed by atoms with Gasteiger partial charge in [0.05, 0.1) is 0 Å². The van der Waals surface area contributed by atoms with Crippen molar-refractivity contribution in [2.45, 2.75) is 47.0 Å². The van der Waals surface area contributed by atoms with Gasteiger partial charge in [-0.05, 0) is 18.4 Å². The van der Waals surface area contributed by atoms with Crippen molar-refractivity contribution in [3.05, 3.63) is 35.5 Å². The molecule has 0 aromatic carbocycles. The van der Waals surface area contributed by atoms with Gasteiger partial charge in [0, 0.05) is 17.4 Å². The molecule has 2 aliphatic rings. The number of Topliss-reactive ketones (excluding diaryl/α,β-unsaturated/α-hetero) is 1. The molecule has 0 bridgehead atoms.